The van der Waals surface area contributed by atoms with Gasteiger partial charge in [-0.3, -0.25) is 24.1 Å². The van der Waals surface area contributed by atoms with Crippen molar-refractivity contribution in [2.45, 2.75) is 215 Å². The van der Waals surface area contributed by atoms with Crippen LogP contribution >= 0.6 is 0 Å². The molecule has 4 saturated carbocycles. The van der Waals surface area contributed by atoms with Gasteiger partial charge in [0.1, 0.15) is 5.69 Å². The van der Waals surface area contributed by atoms with Crippen LogP contribution in [-0.4, -0.2) is 51.5 Å². The summed E-state index contributed by atoms with van der Waals surface area (Å²) in [5.41, 5.74) is 18.0. The molecule has 12 aromatic rings. The predicted octanol–water partition coefficient (Wildman–Crippen LogP) is 26.9. The molecule has 7 aromatic carbocycles. The van der Waals surface area contributed by atoms with Crippen molar-refractivity contribution in [1.29, 1.82) is 0 Å². The number of hydrogen-bond acceptors (Lipinski definition) is 9. The standard InChI is InChI=1S/C23H24N.C22H25N2.C22H22N.C16H19N2.C11H8N.2C5H8O2.4Ir/c1-23(14-8-3-9-15-23)16-19-17-24-22(18-10-4-2-5-11-18)21-13-7-6-12-20(19)21;1-22(12-6-4-3-5-7-13-22)17-18-11-14-24-21(15-18)19-9-8-10-20(16-19)23-2;1-22(13-7-8-14-22)16-18-15-21(17-9-3-2-4-10-17)23-20-12-6-5-11-19(18)20;1-16(10-6-3-7-11-16)14-12-17-18(13-14)15-8-4-2-5-9-15;1-2-6-10(7-3-1)11-8-4-5-9-12-11;2*1-4(6)3-5(2)7;;;;/h2,4-7,10,12-13,17H,3,8-9,14-16H2,1H3;8,10-11,14-16H,3-7,12-13,17H2,1H3;2-6,9,11-12,15H,7-8,13-14,16H2,1H3;2,4-5,8,12-13H,3,6-7,10-11H2,1H3;1-6,8-9H;2*3,6H,1-2H3;;;;/q5*-1;;;;;;. The Morgan fingerprint density at radius 1 is 0.437 bits per heavy atom. The molecule has 0 amide bonds. The molecule has 0 unspecified atom stereocenters. The number of rotatable bonds is 14. The molecule has 4 aliphatic rings. The van der Waals surface area contributed by atoms with E-state index in [-0.39, 0.29) is 104 Å². The molecule has 5 heterocycles. The molecule has 0 spiro atoms. The second-order valence-electron chi connectivity index (χ2n) is 32.9. The van der Waals surface area contributed by atoms with Gasteiger partial charge in [0.15, 0.2) is 11.6 Å². The van der Waals surface area contributed by atoms with E-state index in [4.69, 9.17) is 26.8 Å². The Balaban J connectivity index is 0.000000222. The molecule has 0 bridgehead atoms. The van der Waals surface area contributed by atoms with Crippen LogP contribution in [-0.2, 0) is 115 Å². The smallest absolute Gasteiger partial charge is 0.155 e. The minimum Gasteiger partial charge on any atom is -0.512 e. The first-order chi connectivity index (χ1) is 55.7. The van der Waals surface area contributed by atoms with Crippen molar-refractivity contribution in [2.75, 3.05) is 0 Å². The van der Waals surface area contributed by atoms with Gasteiger partial charge in [0.25, 0.3) is 0 Å². The summed E-state index contributed by atoms with van der Waals surface area (Å²) in [6.45, 7) is 22.6. The van der Waals surface area contributed by atoms with Crippen LogP contribution in [0.2, 0.25) is 0 Å². The molecular weight excluding hydrogens is 2180 g/mol. The zero-order valence-corrected chi connectivity index (χ0v) is 79.8. The minimum atomic E-state index is -0.125. The second-order valence-corrected chi connectivity index (χ2v) is 32.9. The van der Waals surface area contributed by atoms with Crippen LogP contribution in [0, 0.1) is 53.1 Å². The second kappa shape index (κ2) is 50.6. The first-order valence-electron chi connectivity index (χ1n) is 41.4. The number of nitrogens with zero attached hydrogens (tertiary/aromatic N) is 7. The maximum absolute atomic E-state index is 10.0. The van der Waals surface area contributed by atoms with E-state index < -0.39 is 0 Å². The van der Waals surface area contributed by atoms with Gasteiger partial charge in [-0.2, -0.15) is 35.4 Å². The first-order valence-corrected chi connectivity index (χ1v) is 41.4. The normalized spacial score (nSPS) is 15.4. The zero-order chi connectivity index (χ0) is 81.3. The predicted molar refractivity (Wildman–Crippen MR) is 472 cm³/mol. The summed E-state index contributed by atoms with van der Waals surface area (Å²) in [5.74, 6) is -0.125. The van der Waals surface area contributed by atoms with E-state index >= 15 is 0 Å². The Morgan fingerprint density at radius 2 is 0.908 bits per heavy atom. The van der Waals surface area contributed by atoms with E-state index in [1.165, 1.54) is 213 Å². The van der Waals surface area contributed by atoms with Gasteiger partial charge in [-0.25, -0.2) is 0 Å². The van der Waals surface area contributed by atoms with Crippen LogP contribution in [0.3, 0.4) is 0 Å². The Bertz CT molecular complexity index is 5050. The maximum Gasteiger partial charge on any atom is 0.155 e. The monoisotopic (exact) mass is 2300 g/mol. The molecule has 0 atom stereocenters. The molecule has 5 aromatic heterocycles. The van der Waals surface area contributed by atoms with Crippen LogP contribution in [0.4, 0.5) is 5.69 Å². The fraction of sp³-hybridized carbons (Fsp3) is 0.346. The van der Waals surface area contributed by atoms with Crippen LogP contribution in [0.25, 0.3) is 77.2 Å². The molecule has 2 N–H and O–H groups in total. The molecule has 4 fully saturated rings. The van der Waals surface area contributed by atoms with Crippen LogP contribution < -0.4 is 0 Å². The van der Waals surface area contributed by atoms with Crippen molar-refractivity contribution in [3.63, 3.8) is 0 Å². The quantitative estimate of drug-likeness (QED) is 0.0617. The fourth-order valence-electron chi connectivity index (χ4n) is 16.5. The number of hydrogen-bond donors (Lipinski definition) is 2. The number of fused-ring (bicyclic) bond motifs is 2. The molecule has 15 heteroatoms. The van der Waals surface area contributed by atoms with Gasteiger partial charge in [0, 0.05) is 123 Å². The number of ketones is 2. The Labute approximate surface area is 763 Å². The molecule has 4 radical (unpaired) electrons. The third-order valence-corrected chi connectivity index (χ3v) is 22.6. The van der Waals surface area contributed by atoms with E-state index in [9.17, 15) is 9.59 Å². The summed E-state index contributed by atoms with van der Waals surface area (Å²) in [6.07, 6.45) is 44.2. The van der Waals surface area contributed by atoms with Gasteiger partial charge in [0.2, 0.25) is 0 Å². The Kier molecular flexibility index (Phi) is 42.2. The number of pyridine rings is 4. The van der Waals surface area contributed by atoms with Gasteiger partial charge < -0.3 is 25.2 Å². The topological polar surface area (TPSA) is 148 Å². The van der Waals surface area contributed by atoms with E-state index in [2.05, 4.69) is 181 Å². The molecule has 11 nitrogen and oxygen atoms in total. The fourth-order valence-corrected chi connectivity index (χ4v) is 16.5. The van der Waals surface area contributed by atoms with E-state index in [1.54, 1.807) is 12.3 Å². The van der Waals surface area contributed by atoms with E-state index in [0.29, 0.717) is 27.3 Å². The number of allylic oxidation sites excluding steroid dienone is 4. The number of carbonyl (C=O) groups is 2. The van der Waals surface area contributed by atoms with Gasteiger partial charge >= 0.3 is 0 Å². The van der Waals surface area contributed by atoms with Crippen molar-refractivity contribution in [2.24, 2.45) is 16.2 Å². The van der Waals surface area contributed by atoms with Gasteiger partial charge in [-0.05, 0) is 194 Å². The summed E-state index contributed by atoms with van der Waals surface area (Å²) in [6, 6.07) is 83.4. The molecule has 4 aliphatic carbocycles. The van der Waals surface area contributed by atoms with Crippen molar-refractivity contribution < 1.29 is 100 Å². The van der Waals surface area contributed by atoms with Gasteiger partial charge in [-0.15, -0.1) is 138 Å². The summed E-state index contributed by atoms with van der Waals surface area (Å²) in [7, 11) is 0. The van der Waals surface area contributed by atoms with E-state index in [1.807, 2.05) is 120 Å². The third kappa shape index (κ3) is 31.7. The van der Waals surface area contributed by atoms with Crippen LogP contribution in [0.1, 0.15) is 212 Å². The Morgan fingerprint density at radius 3 is 1.44 bits per heavy atom. The minimum absolute atomic E-state index is 0. The largest absolute Gasteiger partial charge is 0.512 e. The number of benzene rings is 7. The maximum atomic E-state index is 10.0. The van der Waals surface area contributed by atoms with Crippen molar-refractivity contribution >= 4 is 38.9 Å². The molecule has 119 heavy (non-hydrogen) atoms. The average Bonchev–Trinajstić information content (AvgIpc) is 0.994. The summed E-state index contributed by atoms with van der Waals surface area (Å²) >= 11 is 0. The number of aliphatic hydroxyl groups is 2. The van der Waals surface area contributed by atoms with Crippen LogP contribution in [0.15, 0.2) is 255 Å². The number of para-hydroxylation sites is 2. The number of aliphatic hydroxyl groups excluding tert-OH is 2. The molecule has 0 aliphatic heterocycles. The number of aromatic nitrogens is 6. The average molecular weight is 2290 g/mol. The van der Waals surface area contributed by atoms with Crippen molar-refractivity contribution in [3.8, 4) is 50.7 Å². The molecule has 0 saturated heterocycles. The first kappa shape index (κ1) is 99.2. The molecule has 630 valence electrons. The van der Waals surface area contributed by atoms with E-state index in [0.717, 1.165) is 75.5 Å². The van der Waals surface area contributed by atoms with Crippen molar-refractivity contribution in [3.05, 3.63) is 319 Å². The summed E-state index contributed by atoms with van der Waals surface area (Å²) < 4.78 is 1.94. The molecular formula is C104H114Ir4N7O4-5. The SMILES string of the molecule is CC(=O)C=C(C)O.CC(=O)C=C(C)O.CC1(Cc2cc(-c3[c-]cccc3)nc3ccccc23)CCCC1.CC1(Cc2cnc(-c3[c-]cccc3)c3ccccc23)CCCCC1.CC1(c2cnn(-c3[c-]cccc3)c2)CCCCC1.[C-]#[N+]c1cc[c-]c(-c2cc(CC3(C)CCCCCCC3)ccn2)c1.[Ir].[Ir].[Ir].[Ir].[c-]1ccccc1-c1ccccn1. The Hall–Kier alpha value is -8.62. The van der Waals surface area contributed by atoms with Gasteiger partial charge in [0.05, 0.1) is 29.8 Å². The summed E-state index contributed by atoms with van der Waals surface area (Å²) in [5, 5.41) is 25.1. The van der Waals surface area contributed by atoms with Crippen LogP contribution in [0.5, 0.6) is 0 Å². The third-order valence-electron chi connectivity index (χ3n) is 22.6. The van der Waals surface area contributed by atoms with Gasteiger partial charge in [-0.1, -0.05) is 183 Å². The molecule has 16 rings (SSSR count). The summed E-state index contributed by atoms with van der Waals surface area (Å²) in [4.78, 5) is 42.0. The number of carbonyl (C=O) groups excluding carboxylic acids is 2. The zero-order valence-electron chi connectivity index (χ0n) is 70.2. The van der Waals surface area contributed by atoms with Crippen molar-refractivity contribution in [1.82, 2.24) is 29.7 Å².